The van der Waals surface area contributed by atoms with Gasteiger partial charge in [0.1, 0.15) is 5.65 Å². The predicted octanol–water partition coefficient (Wildman–Crippen LogP) is 6.56. The maximum absolute atomic E-state index is 4.95. The summed E-state index contributed by atoms with van der Waals surface area (Å²) in [6.45, 7) is 0. The number of imidazole rings is 1. The molecule has 3 aromatic carbocycles. The number of aromatic nitrogens is 3. The van der Waals surface area contributed by atoms with E-state index in [1.165, 1.54) is 36.5 Å². The van der Waals surface area contributed by atoms with Gasteiger partial charge in [0.2, 0.25) is 0 Å². The van der Waals surface area contributed by atoms with Crippen molar-refractivity contribution in [2.24, 2.45) is 0 Å². The maximum atomic E-state index is 4.95. The van der Waals surface area contributed by atoms with Crippen LogP contribution < -0.4 is 0 Å². The molecule has 0 spiro atoms. The molecule has 4 aromatic heterocycles. The molecule has 0 atom stereocenters. The van der Waals surface area contributed by atoms with Crippen LogP contribution in [-0.4, -0.2) is 14.4 Å². The van der Waals surface area contributed by atoms with Gasteiger partial charge in [-0.1, -0.05) is 30.3 Å². The topological polar surface area (TPSA) is 30.2 Å². The number of hydrogen-bond acceptors (Lipinski definition) is 3. The van der Waals surface area contributed by atoms with Gasteiger partial charge in [0.15, 0.2) is 0 Å². The van der Waals surface area contributed by atoms with Crippen molar-refractivity contribution in [2.45, 2.75) is 0 Å². The zero-order chi connectivity index (χ0) is 18.2. The summed E-state index contributed by atoms with van der Waals surface area (Å²) in [5.41, 5.74) is 4.30. The first kappa shape index (κ1) is 14.5. The molecule has 0 N–H and O–H groups in total. The second-order valence-electron chi connectivity index (χ2n) is 7.14. The Bertz CT molecular complexity index is 1720. The standard InChI is InChI=1S/C24H13N3S/c1-4-8-22-15(5-1)17-11-21-16(12-23(17)28-22)14-9-10-25-13-18(14)24-26-19-6-2-3-7-20(19)27(21)24/h1-13H. The zero-order valence-electron chi connectivity index (χ0n) is 14.8. The maximum Gasteiger partial charge on any atom is 0.147 e. The lowest BCUT2D eigenvalue weighted by atomic mass is 10.0. The smallest absolute Gasteiger partial charge is 0.147 e. The molecule has 7 rings (SSSR count). The molecular formula is C24H13N3S. The van der Waals surface area contributed by atoms with Crippen molar-refractivity contribution >= 4 is 69.9 Å². The summed E-state index contributed by atoms with van der Waals surface area (Å²) in [6, 6.07) is 23.8. The normalized spacial score (nSPS) is 12.3. The number of pyridine rings is 2. The Morgan fingerprint density at radius 2 is 1.57 bits per heavy atom. The van der Waals surface area contributed by atoms with Crippen LogP contribution in [0.4, 0.5) is 0 Å². The van der Waals surface area contributed by atoms with Crippen molar-refractivity contribution in [3.05, 3.63) is 79.1 Å². The molecule has 130 valence electrons. The van der Waals surface area contributed by atoms with Crippen LogP contribution in [0, 0.1) is 0 Å². The summed E-state index contributed by atoms with van der Waals surface area (Å²) in [7, 11) is 0. The van der Waals surface area contributed by atoms with Gasteiger partial charge < -0.3 is 0 Å². The lowest BCUT2D eigenvalue weighted by Gasteiger charge is -2.09. The average Bonchev–Trinajstić information content (AvgIpc) is 3.31. The van der Waals surface area contributed by atoms with Crippen LogP contribution >= 0.6 is 11.3 Å². The number of para-hydroxylation sites is 2. The minimum Gasteiger partial charge on any atom is -0.292 e. The molecule has 0 aliphatic heterocycles. The first-order chi connectivity index (χ1) is 13.9. The van der Waals surface area contributed by atoms with E-state index in [4.69, 9.17) is 4.98 Å². The Balaban J connectivity index is 1.85. The molecule has 4 heteroatoms. The molecule has 0 unspecified atom stereocenters. The van der Waals surface area contributed by atoms with E-state index in [1.807, 2.05) is 29.8 Å². The van der Waals surface area contributed by atoms with Crippen molar-refractivity contribution in [1.29, 1.82) is 0 Å². The number of hydrogen-bond donors (Lipinski definition) is 0. The van der Waals surface area contributed by atoms with Gasteiger partial charge in [0.25, 0.3) is 0 Å². The second kappa shape index (κ2) is 5.06. The highest BCUT2D eigenvalue weighted by Gasteiger charge is 2.15. The van der Waals surface area contributed by atoms with Crippen molar-refractivity contribution in [3.63, 3.8) is 0 Å². The summed E-state index contributed by atoms with van der Waals surface area (Å²) in [6.07, 6.45) is 3.81. The highest BCUT2D eigenvalue weighted by molar-refractivity contribution is 7.25. The lowest BCUT2D eigenvalue weighted by molar-refractivity contribution is 1.30. The molecule has 0 radical (unpaired) electrons. The van der Waals surface area contributed by atoms with Crippen LogP contribution in [0.3, 0.4) is 0 Å². The molecule has 4 heterocycles. The zero-order valence-corrected chi connectivity index (χ0v) is 15.6. The van der Waals surface area contributed by atoms with Crippen LogP contribution in [-0.2, 0) is 0 Å². The van der Waals surface area contributed by atoms with E-state index in [0.717, 1.165) is 22.1 Å². The molecule has 0 bridgehead atoms. The number of thiophene rings is 1. The minimum atomic E-state index is 0.968. The van der Waals surface area contributed by atoms with Crippen molar-refractivity contribution in [3.8, 4) is 0 Å². The highest BCUT2D eigenvalue weighted by Crippen LogP contribution is 2.39. The molecule has 3 nitrogen and oxygen atoms in total. The second-order valence-corrected chi connectivity index (χ2v) is 8.23. The Labute approximate surface area is 163 Å². The van der Waals surface area contributed by atoms with Crippen LogP contribution in [0.5, 0.6) is 0 Å². The van der Waals surface area contributed by atoms with Crippen molar-refractivity contribution in [1.82, 2.24) is 14.4 Å². The monoisotopic (exact) mass is 375 g/mol. The molecule has 0 fully saturated rings. The van der Waals surface area contributed by atoms with Crippen LogP contribution in [0.15, 0.2) is 79.1 Å². The summed E-state index contributed by atoms with van der Waals surface area (Å²) in [5.74, 6) is 0. The van der Waals surface area contributed by atoms with E-state index in [-0.39, 0.29) is 0 Å². The van der Waals surface area contributed by atoms with E-state index in [0.29, 0.717) is 0 Å². The van der Waals surface area contributed by atoms with Crippen LogP contribution in [0.25, 0.3) is 58.5 Å². The van der Waals surface area contributed by atoms with E-state index < -0.39 is 0 Å². The molecule has 28 heavy (non-hydrogen) atoms. The Morgan fingerprint density at radius 1 is 0.679 bits per heavy atom. The fraction of sp³-hybridized carbons (Fsp3) is 0. The van der Waals surface area contributed by atoms with Crippen LogP contribution in [0.1, 0.15) is 0 Å². The average molecular weight is 375 g/mol. The number of rotatable bonds is 0. The lowest BCUT2D eigenvalue weighted by Crippen LogP contribution is -1.92. The summed E-state index contributed by atoms with van der Waals surface area (Å²) in [4.78, 5) is 9.34. The summed E-state index contributed by atoms with van der Waals surface area (Å²) in [5, 5.41) is 6.16. The first-order valence-electron chi connectivity index (χ1n) is 9.26. The molecule has 0 aliphatic rings. The van der Waals surface area contributed by atoms with Gasteiger partial charge in [-0.2, -0.15) is 0 Å². The fourth-order valence-electron chi connectivity index (χ4n) is 4.42. The van der Waals surface area contributed by atoms with E-state index in [9.17, 15) is 0 Å². The number of fused-ring (bicyclic) bond motifs is 11. The van der Waals surface area contributed by atoms with Gasteiger partial charge >= 0.3 is 0 Å². The quantitative estimate of drug-likeness (QED) is 0.281. The predicted molar refractivity (Wildman–Crippen MR) is 118 cm³/mol. The van der Waals surface area contributed by atoms with Crippen molar-refractivity contribution < 1.29 is 0 Å². The largest absolute Gasteiger partial charge is 0.292 e. The Hall–Kier alpha value is -3.50. The third-order valence-corrected chi connectivity index (χ3v) is 6.78. The van der Waals surface area contributed by atoms with E-state index >= 15 is 0 Å². The molecule has 0 aliphatic carbocycles. The van der Waals surface area contributed by atoms with Gasteiger partial charge in [-0.3, -0.25) is 9.38 Å². The summed E-state index contributed by atoms with van der Waals surface area (Å²) >= 11 is 1.86. The van der Waals surface area contributed by atoms with Gasteiger partial charge in [0, 0.05) is 43.3 Å². The molecule has 7 aromatic rings. The first-order valence-corrected chi connectivity index (χ1v) is 10.1. The minimum absolute atomic E-state index is 0.968. The molecule has 0 saturated heterocycles. The SMILES string of the molecule is c1ccc2c(c1)nc1c3cnccc3c3cc4sc5ccccc5c4cc3n21. The Kier molecular flexibility index (Phi) is 2.63. The van der Waals surface area contributed by atoms with Crippen LogP contribution in [0.2, 0.25) is 0 Å². The number of nitrogens with zero attached hydrogens (tertiary/aromatic N) is 3. The van der Waals surface area contributed by atoms with Gasteiger partial charge in [-0.25, -0.2) is 4.98 Å². The van der Waals surface area contributed by atoms with E-state index in [2.05, 4.69) is 70.0 Å². The Morgan fingerprint density at radius 3 is 2.57 bits per heavy atom. The highest BCUT2D eigenvalue weighted by atomic mass is 32.1. The molecule has 0 saturated carbocycles. The summed E-state index contributed by atoms with van der Waals surface area (Å²) < 4.78 is 4.93. The van der Waals surface area contributed by atoms with E-state index in [1.54, 1.807) is 0 Å². The van der Waals surface area contributed by atoms with Gasteiger partial charge in [-0.05, 0) is 41.8 Å². The third-order valence-electron chi connectivity index (χ3n) is 5.65. The van der Waals surface area contributed by atoms with Crippen molar-refractivity contribution in [2.75, 3.05) is 0 Å². The molecule has 0 amide bonds. The molecular weight excluding hydrogens is 362 g/mol. The number of benzene rings is 3. The fourth-order valence-corrected chi connectivity index (χ4v) is 5.55. The van der Waals surface area contributed by atoms with Gasteiger partial charge in [-0.15, -0.1) is 11.3 Å². The third kappa shape index (κ3) is 1.73. The van der Waals surface area contributed by atoms with Gasteiger partial charge in [0.05, 0.1) is 16.6 Å².